The molecule has 2 N–H and O–H groups in total. The Morgan fingerprint density at radius 1 is 0.680 bits per heavy atom. The maximum atomic E-state index is 11.9. The Morgan fingerprint density at radius 2 is 0.960 bits per heavy atom. The van der Waals surface area contributed by atoms with Crippen molar-refractivity contribution >= 4 is 30.2 Å². The minimum Gasteiger partial charge on any atom is -0.699 e. The molecule has 0 aliphatic carbocycles. The fraction of sp³-hybridized carbons (Fsp3) is 0.143. The number of hydrogen-bond donors (Lipinski definition) is 0. The van der Waals surface area contributed by atoms with E-state index in [4.69, 9.17) is 30.3 Å². The van der Waals surface area contributed by atoms with E-state index in [1.54, 1.807) is 0 Å². The van der Waals surface area contributed by atoms with Crippen molar-refractivity contribution in [2.24, 2.45) is 0 Å². The Morgan fingerprint density at radius 3 is 1.12 bits per heavy atom. The number of rotatable bonds is 0. The average Bonchev–Trinajstić information content (AvgIpc) is 2.47. The summed E-state index contributed by atoms with van der Waals surface area (Å²) < 4.78 is 71.3. The zero-order valence-corrected chi connectivity index (χ0v) is 15.7. The summed E-state index contributed by atoms with van der Waals surface area (Å²) >= 11 is -0.472. The van der Waals surface area contributed by atoms with Crippen LogP contribution in [0.2, 0.25) is 0 Å². The molecule has 0 saturated heterocycles. The second-order valence-electron chi connectivity index (χ2n) is 4.20. The molecule has 0 aromatic heterocycles. The van der Waals surface area contributed by atoms with Crippen LogP contribution in [0.25, 0.3) is 11.5 Å². The molecule has 25 heavy (non-hydrogen) atoms. The largest absolute Gasteiger partial charge is 0.699 e. The second-order valence-corrected chi connectivity index (χ2v) is 7.49. The third kappa shape index (κ3) is 10.5. The van der Waals surface area contributed by atoms with Gasteiger partial charge in [-0.2, -0.15) is 26.3 Å². The molecule has 0 amide bonds. The van der Waals surface area contributed by atoms with Crippen LogP contribution in [0.3, 0.4) is 0 Å². The topological polar surface area (TPSA) is 47.6 Å². The predicted molar refractivity (Wildman–Crippen MR) is 82.6 cm³/mol. The van der Waals surface area contributed by atoms with Gasteiger partial charge < -0.3 is 11.5 Å². The van der Waals surface area contributed by atoms with Crippen LogP contribution in [0.5, 0.6) is 0 Å². The number of alkyl halides is 6. The van der Waals surface area contributed by atoms with Gasteiger partial charge in [0.1, 0.15) is 0 Å². The van der Waals surface area contributed by atoms with Crippen molar-refractivity contribution in [2.75, 3.05) is 0 Å². The van der Waals surface area contributed by atoms with E-state index >= 15 is 0 Å². The number of halogens is 8. The van der Waals surface area contributed by atoms with Crippen molar-refractivity contribution in [2.45, 2.75) is 12.4 Å². The summed E-state index contributed by atoms with van der Waals surface area (Å²) in [6.07, 6.45) is -8.67. The van der Waals surface area contributed by atoms with E-state index in [9.17, 15) is 26.3 Å². The molecule has 0 fully saturated rings. The van der Waals surface area contributed by atoms with Crippen molar-refractivity contribution in [3.63, 3.8) is 0 Å². The minimum atomic E-state index is -4.34. The molecule has 0 bridgehead atoms. The second kappa shape index (κ2) is 10.8. The van der Waals surface area contributed by atoms with Crippen LogP contribution in [-0.2, 0) is 28.8 Å². The first-order valence-electron chi connectivity index (χ1n) is 6.02. The molecule has 0 radical (unpaired) electrons. The summed E-state index contributed by atoms with van der Waals surface area (Å²) in [4.78, 5) is 0. The maximum Gasteiger partial charge on any atom is 0.416 e. The Hall–Kier alpha value is -1.11. The molecule has 2 rings (SSSR count). The molecule has 0 atom stereocenters. The van der Waals surface area contributed by atoms with E-state index in [-0.39, 0.29) is 11.4 Å². The molecule has 0 aliphatic rings. The molecule has 0 unspecified atom stereocenters. The monoisotopic (exact) mass is 585 g/mol. The van der Waals surface area contributed by atoms with Gasteiger partial charge in [-0.15, -0.1) is 11.4 Å². The fourth-order valence-electron chi connectivity index (χ4n) is 1.39. The molecule has 2 aromatic carbocycles. The van der Waals surface area contributed by atoms with Gasteiger partial charge in [-0.3, -0.25) is 0 Å². The van der Waals surface area contributed by atoms with Crippen molar-refractivity contribution in [3.8, 4) is 0 Å². The molecule has 2 nitrogen and oxygen atoms in total. The summed E-state index contributed by atoms with van der Waals surface area (Å²) in [7, 11) is 9.75. The molecule has 11 heteroatoms. The van der Waals surface area contributed by atoms with Gasteiger partial charge in [0.2, 0.25) is 0 Å². The molecule has 142 valence electrons. The molecule has 2 aromatic rings. The molecule has 0 saturated carbocycles. The maximum absolute atomic E-state index is 11.9. The van der Waals surface area contributed by atoms with Gasteiger partial charge in [-0.1, -0.05) is 48.5 Å². The van der Waals surface area contributed by atoms with E-state index in [2.05, 4.69) is 0 Å². The van der Waals surface area contributed by atoms with Gasteiger partial charge in [0.15, 0.2) is 0 Å². The average molecular weight is 586 g/mol. The molecular formula is C14H10Cl2F6N2Pt. The van der Waals surface area contributed by atoms with Crippen molar-refractivity contribution in [1.82, 2.24) is 0 Å². The number of benzene rings is 2. The summed E-state index contributed by atoms with van der Waals surface area (Å²) in [5.41, 5.74) is 12.0. The van der Waals surface area contributed by atoms with Crippen LogP contribution in [0.1, 0.15) is 11.1 Å². The van der Waals surface area contributed by atoms with Crippen molar-refractivity contribution in [1.29, 1.82) is 0 Å². The quantitative estimate of drug-likeness (QED) is 0.280. The van der Waals surface area contributed by atoms with Crippen LogP contribution in [0, 0.1) is 0 Å². The first kappa shape index (κ1) is 23.9. The van der Waals surface area contributed by atoms with Gasteiger partial charge in [0, 0.05) is 0 Å². The van der Waals surface area contributed by atoms with E-state index in [1.807, 2.05) is 0 Å². The molecule has 0 spiro atoms. The van der Waals surface area contributed by atoms with E-state index in [1.165, 1.54) is 24.3 Å². The van der Waals surface area contributed by atoms with Gasteiger partial charge in [-0.05, 0) is 0 Å². The molecule has 0 aliphatic heterocycles. The van der Waals surface area contributed by atoms with Crippen LogP contribution < -0.4 is 0 Å². The van der Waals surface area contributed by atoms with Crippen molar-refractivity contribution in [3.05, 3.63) is 71.1 Å². The Bertz CT molecular complexity index is 594. The normalized spacial score (nSPS) is 11.0. The molecular weight excluding hydrogens is 576 g/mol. The van der Waals surface area contributed by atoms with Gasteiger partial charge in [0.25, 0.3) is 0 Å². The van der Waals surface area contributed by atoms with Gasteiger partial charge in [-0.25, -0.2) is 0 Å². The zero-order valence-electron chi connectivity index (χ0n) is 12.0. The van der Waals surface area contributed by atoms with E-state index in [0.717, 1.165) is 24.3 Å². The van der Waals surface area contributed by atoms with E-state index in [0.29, 0.717) is 0 Å². The Labute approximate surface area is 156 Å². The number of hydrogen-bond acceptors (Lipinski definition) is 0. The standard InChI is InChI=1S/2C7H5F3N.2ClH.Pt/c2*8-7(9,10)5-2-1-3-6(11)4-5;;;/h2*1-4,11H;2*1H;/q2*-1;;;+4/p-2. The smallest absolute Gasteiger partial charge is 0.416 e. The van der Waals surface area contributed by atoms with Gasteiger partial charge in [0.05, 0.1) is 11.1 Å². The van der Waals surface area contributed by atoms with Crippen LogP contribution >= 0.6 is 18.8 Å². The summed E-state index contributed by atoms with van der Waals surface area (Å²) in [5.74, 6) is 0. The predicted octanol–water partition coefficient (Wildman–Crippen LogP) is 8.15. The SMILES string of the molecule is [Cl][Pt+2][Cl].[NH-]c1cccc(C(F)(F)F)c1.[NH-]c1cccc(C(F)(F)F)c1. The molecule has 0 heterocycles. The van der Waals surface area contributed by atoms with Gasteiger partial charge >= 0.3 is 47.7 Å². The summed E-state index contributed by atoms with van der Waals surface area (Å²) in [6, 6.07) is 8.50. The van der Waals surface area contributed by atoms with Crippen molar-refractivity contribution < 1.29 is 42.8 Å². The third-order valence-electron chi connectivity index (χ3n) is 2.38. The Balaban J connectivity index is 0.000000399. The van der Waals surface area contributed by atoms with E-state index < -0.39 is 40.0 Å². The van der Waals surface area contributed by atoms with Crippen LogP contribution in [-0.4, -0.2) is 0 Å². The fourth-order valence-corrected chi connectivity index (χ4v) is 1.39. The summed E-state index contributed by atoms with van der Waals surface area (Å²) in [5, 5.41) is 0. The summed E-state index contributed by atoms with van der Waals surface area (Å²) in [6.45, 7) is 0. The first-order chi connectivity index (χ1) is 11.4. The van der Waals surface area contributed by atoms with Crippen LogP contribution in [0.4, 0.5) is 37.7 Å². The minimum absolute atomic E-state index is 0.125. The number of nitrogens with one attached hydrogen (secondary N) is 2. The first-order valence-corrected chi connectivity index (χ1v) is 11.6. The Kier molecular flexibility index (Phi) is 10.3. The third-order valence-corrected chi connectivity index (χ3v) is 2.38. The van der Waals surface area contributed by atoms with Crippen LogP contribution in [0.15, 0.2) is 48.5 Å². The zero-order chi connectivity index (χ0) is 19.7.